The molecule has 1 N–H and O–H groups in total. The minimum Gasteiger partial charge on any atom is -0.461 e. The monoisotopic (exact) mass is 434 g/mol. The Bertz CT molecular complexity index is 887. The fourth-order valence-electron chi connectivity index (χ4n) is 4.41. The molecule has 0 aromatic heterocycles. The maximum absolute atomic E-state index is 12.8. The number of fused-ring (bicyclic) bond motifs is 4. The summed E-state index contributed by atoms with van der Waals surface area (Å²) in [6.45, 7) is 8.16. The van der Waals surface area contributed by atoms with Gasteiger partial charge in [0.05, 0.1) is 23.7 Å². The molecule has 0 radical (unpaired) electrons. The first kappa shape index (κ1) is 21.7. The molecule has 3 aliphatic heterocycles. The van der Waals surface area contributed by atoms with E-state index in [9.17, 15) is 19.5 Å². The second kappa shape index (κ2) is 7.89. The molecule has 9 nitrogen and oxygen atoms in total. The second-order valence-electron chi connectivity index (χ2n) is 8.44. The number of carbonyl (C=O) groups is 3. The number of hydrogen-bond donors (Lipinski definition) is 1. The molecule has 0 aromatic rings. The van der Waals surface area contributed by atoms with Gasteiger partial charge >= 0.3 is 17.9 Å². The van der Waals surface area contributed by atoms with Gasteiger partial charge in [0, 0.05) is 18.9 Å². The summed E-state index contributed by atoms with van der Waals surface area (Å²) in [4.78, 5) is 36.3. The number of epoxide rings is 2. The summed E-state index contributed by atoms with van der Waals surface area (Å²) >= 11 is 0. The fraction of sp³-hybridized carbons (Fsp3) is 0.591. The van der Waals surface area contributed by atoms with Crippen molar-refractivity contribution in [1.82, 2.24) is 0 Å². The topological polar surface area (TPSA) is 124 Å². The van der Waals surface area contributed by atoms with E-state index >= 15 is 0 Å². The molecule has 9 heteroatoms. The zero-order valence-corrected chi connectivity index (χ0v) is 17.7. The van der Waals surface area contributed by atoms with Gasteiger partial charge in [-0.2, -0.15) is 0 Å². The van der Waals surface area contributed by atoms with Gasteiger partial charge in [-0.1, -0.05) is 12.7 Å². The lowest BCUT2D eigenvalue weighted by Crippen LogP contribution is -2.38. The molecule has 4 rings (SSSR count). The van der Waals surface area contributed by atoms with Gasteiger partial charge in [-0.25, -0.2) is 9.59 Å². The number of aliphatic hydroxyl groups excluding tert-OH is 1. The molecule has 0 aromatic carbocycles. The van der Waals surface area contributed by atoms with Crippen molar-refractivity contribution in [2.75, 3.05) is 13.2 Å². The average molecular weight is 434 g/mol. The summed E-state index contributed by atoms with van der Waals surface area (Å²) in [6, 6.07) is 0. The van der Waals surface area contributed by atoms with Crippen LogP contribution in [0, 0.1) is 5.92 Å². The highest BCUT2D eigenvalue weighted by Crippen LogP contribution is 2.53. The highest BCUT2D eigenvalue weighted by molar-refractivity contribution is 5.92. The first-order valence-corrected chi connectivity index (χ1v) is 10.2. The van der Waals surface area contributed by atoms with Crippen LogP contribution in [-0.4, -0.2) is 72.3 Å². The lowest BCUT2D eigenvalue weighted by Gasteiger charge is -2.28. The fourth-order valence-corrected chi connectivity index (χ4v) is 4.41. The summed E-state index contributed by atoms with van der Waals surface area (Å²) in [7, 11) is 0. The van der Waals surface area contributed by atoms with Crippen LogP contribution in [0.15, 0.2) is 35.5 Å². The SMILES string of the molecule is C=C1C(=O)OC2C=C(CO)C3OC3C3OC3(C)CC(OC(=O)/C(=C/C)COC(C)=O)C12. The molecule has 31 heavy (non-hydrogen) atoms. The smallest absolute Gasteiger partial charge is 0.337 e. The molecule has 0 saturated carbocycles. The first-order valence-electron chi connectivity index (χ1n) is 10.2. The van der Waals surface area contributed by atoms with Gasteiger partial charge in [0.25, 0.3) is 0 Å². The summed E-state index contributed by atoms with van der Waals surface area (Å²) < 4.78 is 27.8. The van der Waals surface area contributed by atoms with Crippen LogP contribution >= 0.6 is 0 Å². The number of esters is 3. The van der Waals surface area contributed by atoms with Gasteiger partial charge in [0.15, 0.2) is 0 Å². The van der Waals surface area contributed by atoms with E-state index in [1.807, 2.05) is 6.92 Å². The Hall–Kier alpha value is -2.49. The van der Waals surface area contributed by atoms with Crippen molar-refractivity contribution in [1.29, 1.82) is 0 Å². The van der Waals surface area contributed by atoms with Gasteiger partial charge < -0.3 is 28.8 Å². The van der Waals surface area contributed by atoms with Crippen LogP contribution in [0.25, 0.3) is 0 Å². The Labute approximate surface area is 179 Å². The van der Waals surface area contributed by atoms with Crippen LogP contribution in [0.3, 0.4) is 0 Å². The van der Waals surface area contributed by atoms with Crippen LogP contribution in [0.5, 0.6) is 0 Å². The molecule has 3 saturated heterocycles. The molecule has 7 atom stereocenters. The van der Waals surface area contributed by atoms with E-state index in [2.05, 4.69) is 6.58 Å². The molecule has 3 fully saturated rings. The van der Waals surface area contributed by atoms with Crippen LogP contribution in [-0.2, 0) is 38.1 Å². The van der Waals surface area contributed by atoms with E-state index in [4.69, 9.17) is 23.7 Å². The molecule has 1 aliphatic carbocycles. The van der Waals surface area contributed by atoms with Gasteiger partial charge in [-0.3, -0.25) is 4.79 Å². The van der Waals surface area contributed by atoms with E-state index in [0.717, 1.165) is 0 Å². The molecule has 4 aliphatic rings. The number of aliphatic hydroxyl groups is 1. The number of carbonyl (C=O) groups excluding carboxylic acids is 3. The van der Waals surface area contributed by atoms with E-state index < -0.39 is 41.6 Å². The van der Waals surface area contributed by atoms with Crippen molar-refractivity contribution in [3.05, 3.63) is 35.5 Å². The predicted molar refractivity (Wildman–Crippen MR) is 105 cm³/mol. The number of rotatable bonds is 5. The molecule has 0 spiro atoms. The molecular formula is C22H26O9. The number of hydrogen-bond acceptors (Lipinski definition) is 9. The summed E-state index contributed by atoms with van der Waals surface area (Å²) in [5.74, 6) is -2.41. The lowest BCUT2D eigenvalue weighted by molar-refractivity contribution is -0.150. The third-order valence-electron chi connectivity index (χ3n) is 6.26. The van der Waals surface area contributed by atoms with Crippen LogP contribution in [0.1, 0.15) is 27.2 Å². The molecule has 3 heterocycles. The predicted octanol–water partition coefficient (Wildman–Crippen LogP) is 0.753. The van der Waals surface area contributed by atoms with E-state index in [0.29, 0.717) is 12.0 Å². The van der Waals surface area contributed by atoms with Crippen molar-refractivity contribution in [3.63, 3.8) is 0 Å². The molecule has 7 unspecified atom stereocenters. The second-order valence-corrected chi connectivity index (χ2v) is 8.44. The van der Waals surface area contributed by atoms with Gasteiger partial charge in [0.2, 0.25) is 0 Å². The summed E-state index contributed by atoms with van der Waals surface area (Å²) in [6.07, 6.45) is 1.23. The highest BCUT2D eigenvalue weighted by atomic mass is 16.7. The minimum atomic E-state index is -0.787. The quantitative estimate of drug-likeness (QED) is 0.219. The average Bonchev–Trinajstić information content (AvgIpc) is 3.59. The standard InChI is InChI=1S/C22H26O9/c1-5-12(9-27-11(3)24)21(26)29-15-7-22(4)19(31-22)18-17(30-18)13(8-23)6-14-16(15)10(2)20(25)28-14/h5-6,14-19,23H,2,7-9H2,1,3-4H3/b12-5+,13-6?. The summed E-state index contributed by atoms with van der Waals surface area (Å²) in [5, 5.41) is 9.82. The van der Waals surface area contributed by atoms with Crippen LogP contribution < -0.4 is 0 Å². The van der Waals surface area contributed by atoms with Crippen molar-refractivity contribution >= 4 is 17.9 Å². The molecular weight excluding hydrogens is 408 g/mol. The van der Waals surface area contributed by atoms with E-state index in [1.165, 1.54) is 13.0 Å². The largest absolute Gasteiger partial charge is 0.461 e. The Morgan fingerprint density at radius 1 is 1.42 bits per heavy atom. The normalized spacial score (nSPS) is 38.7. The first-order chi connectivity index (χ1) is 14.7. The van der Waals surface area contributed by atoms with E-state index in [-0.39, 0.29) is 42.7 Å². The van der Waals surface area contributed by atoms with Crippen molar-refractivity contribution in [2.24, 2.45) is 5.92 Å². The van der Waals surface area contributed by atoms with Crippen molar-refractivity contribution in [3.8, 4) is 0 Å². The third-order valence-corrected chi connectivity index (χ3v) is 6.26. The lowest BCUT2D eigenvalue weighted by atomic mass is 9.82. The molecule has 168 valence electrons. The highest BCUT2D eigenvalue weighted by Gasteiger charge is 2.67. The van der Waals surface area contributed by atoms with Crippen LogP contribution in [0.4, 0.5) is 0 Å². The Balaban J connectivity index is 1.63. The minimum absolute atomic E-state index is 0.176. The maximum Gasteiger partial charge on any atom is 0.337 e. The van der Waals surface area contributed by atoms with Crippen molar-refractivity contribution in [2.45, 2.75) is 63.3 Å². The Kier molecular flexibility index (Phi) is 5.53. The Morgan fingerprint density at radius 2 is 2.16 bits per heavy atom. The molecule has 0 amide bonds. The van der Waals surface area contributed by atoms with Gasteiger partial charge in [-0.05, 0) is 25.5 Å². The third kappa shape index (κ3) is 4.05. The van der Waals surface area contributed by atoms with E-state index in [1.54, 1.807) is 13.0 Å². The maximum atomic E-state index is 12.8. The number of allylic oxidation sites excluding steroid dienone is 1. The molecule has 0 bridgehead atoms. The zero-order chi connectivity index (χ0) is 22.5. The summed E-state index contributed by atoms with van der Waals surface area (Å²) in [5.41, 5.74) is 0.338. The van der Waals surface area contributed by atoms with Crippen molar-refractivity contribution < 1.29 is 43.2 Å². The van der Waals surface area contributed by atoms with Gasteiger partial charge in [0.1, 0.15) is 37.1 Å². The van der Waals surface area contributed by atoms with Crippen LogP contribution in [0.2, 0.25) is 0 Å². The number of ether oxygens (including phenoxy) is 5. The Morgan fingerprint density at radius 3 is 2.81 bits per heavy atom. The van der Waals surface area contributed by atoms with Gasteiger partial charge in [-0.15, -0.1) is 0 Å². The zero-order valence-electron chi connectivity index (χ0n) is 17.7.